The number of hydrogen-bond donors (Lipinski definition) is 1. The highest BCUT2D eigenvalue weighted by atomic mass is 79.9. The number of carbonyl (C=O) groups excluding carboxylic acids is 1. The second kappa shape index (κ2) is 8.27. The fraction of sp³-hybridized carbons (Fsp3) is 0.500. The van der Waals surface area contributed by atoms with E-state index in [1.807, 2.05) is 25.1 Å². The van der Waals surface area contributed by atoms with E-state index in [1.165, 1.54) is 0 Å². The van der Waals surface area contributed by atoms with Crippen LogP contribution in [0.15, 0.2) is 22.7 Å². The van der Waals surface area contributed by atoms with E-state index in [4.69, 9.17) is 4.74 Å². The lowest BCUT2D eigenvalue weighted by Crippen LogP contribution is -2.13. The minimum atomic E-state index is 0.0479. The molecule has 18 heavy (non-hydrogen) atoms. The Hall–Kier alpha value is -0.870. The lowest BCUT2D eigenvalue weighted by Gasteiger charge is -2.10. The predicted molar refractivity (Wildman–Crippen MR) is 77.9 cm³/mol. The molecule has 1 aromatic carbocycles. The van der Waals surface area contributed by atoms with E-state index in [1.54, 1.807) is 0 Å². The van der Waals surface area contributed by atoms with Crippen LogP contribution in [0.5, 0.6) is 0 Å². The van der Waals surface area contributed by atoms with E-state index in [9.17, 15) is 4.79 Å². The zero-order valence-corrected chi connectivity index (χ0v) is 12.5. The number of aryl methyl sites for hydroxylation is 1. The number of nitrogens with one attached hydrogen (secondary N) is 1. The molecule has 0 atom stereocenters. The van der Waals surface area contributed by atoms with Gasteiger partial charge in [-0.2, -0.15) is 0 Å². The van der Waals surface area contributed by atoms with Gasteiger partial charge in [-0.25, -0.2) is 0 Å². The number of rotatable bonds is 7. The van der Waals surface area contributed by atoms with Gasteiger partial charge in [-0.15, -0.1) is 0 Å². The van der Waals surface area contributed by atoms with Crippen molar-refractivity contribution >= 4 is 27.5 Å². The number of carbonyl (C=O) groups is 1. The summed E-state index contributed by atoms with van der Waals surface area (Å²) in [6.07, 6.45) is 2.16. The molecule has 4 heteroatoms. The molecule has 0 unspecified atom stereocenters. The first kappa shape index (κ1) is 15.2. The van der Waals surface area contributed by atoms with Gasteiger partial charge in [0.15, 0.2) is 0 Å². The molecule has 0 aromatic heterocycles. The molecule has 0 heterocycles. The van der Waals surface area contributed by atoms with Gasteiger partial charge in [0.25, 0.3) is 0 Å². The van der Waals surface area contributed by atoms with Crippen LogP contribution in [0.25, 0.3) is 0 Å². The Morgan fingerprint density at radius 1 is 1.39 bits per heavy atom. The summed E-state index contributed by atoms with van der Waals surface area (Å²) in [6, 6.07) is 5.91. The third-order valence-electron chi connectivity index (χ3n) is 2.62. The first-order valence-electron chi connectivity index (χ1n) is 6.33. The van der Waals surface area contributed by atoms with Crippen LogP contribution in [0.2, 0.25) is 0 Å². The van der Waals surface area contributed by atoms with Crippen LogP contribution in [0, 0.1) is 0 Å². The van der Waals surface area contributed by atoms with Crippen LogP contribution in [0.4, 0.5) is 5.69 Å². The van der Waals surface area contributed by atoms with E-state index in [0.717, 1.165) is 28.6 Å². The van der Waals surface area contributed by atoms with Crippen LogP contribution < -0.4 is 5.32 Å². The molecule has 0 aliphatic carbocycles. The number of anilines is 1. The van der Waals surface area contributed by atoms with Crippen molar-refractivity contribution < 1.29 is 9.53 Å². The summed E-state index contributed by atoms with van der Waals surface area (Å²) in [5.41, 5.74) is 2.05. The molecule has 0 aliphatic heterocycles. The van der Waals surface area contributed by atoms with Crippen molar-refractivity contribution in [3.05, 3.63) is 28.2 Å². The van der Waals surface area contributed by atoms with Gasteiger partial charge in [0, 0.05) is 29.8 Å². The lowest BCUT2D eigenvalue weighted by atomic mass is 10.1. The van der Waals surface area contributed by atoms with Gasteiger partial charge in [0.2, 0.25) is 5.91 Å². The van der Waals surface area contributed by atoms with Crippen LogP contribution in [0.1, 0.15) is 32.3 Å². The zero-order valence-electron chi connectivity index (χ0n) is 11.0. The molecule has 0 radical (unpaired) electrons. The summed E-state index contributed by atoms with van der Waals surface area (Å²) in [5.74, 6) is 0.0479. The quantitative estimate of drug-likeness (QED) is 0.778. The summed E-state index contributed by atoms with van der Waals surface area (Å²) < 4.78 is 6.24. The number of amides is 1. The van der Waals surface area contributed by atoms with Crippen molar-refractivity contribution in [2.75, 3.05) is 18.5 Å². The van der Waals surface area contributed by atoms with Crippen molar-refractivity contribution in [1.29, 1.82) is 0 Å². The number of ether oxygens (including phenoxy) is 1. The third kappa shape index (κ3) is 5.19. The summed E-state index contributed by atoms with van der Waals surface area (Å²) in [6.45, 7) is 5.38. The lowest BCUT2D eigenvalue weighted by molar-refractivity contribution is -0.116. The largest absolute Gasteiger partial charge is 0.382 e. The van der Waals surface area contributed by atoms with Crippen molar-refractivity contribution in [2.45, 2.75) is 33.1 Å². The second-order valence-electron chi connectivity index (χ2n) is 4.00. The van der Waals surface area contributed by atoms with Crippen LogP contribution >= 0.6 is 15.9 Å². The minimum absolute atomic E-state index is 0.0479. The van der Waals surface area contributed by atoms with E-state index in [0.29, 0.717) is 19.6 Å². The fourth-order valence-electron chi connectivity index (χ4n) is 1.67. The second-order valence-corrected chi connectivity index (χ2v) is 4.92. The van der Waals surface area contributed by atoms with E-state index < -0.39 is 0 Å². The van der Waals surface area contributed by atoms with Gasteiger partial charge >= 0.3 is 0 Å². The van der Waals surface area contributed by atoms with Crippen molar-refractivity contribution in [3.8, 4) is 0 Å². The van der Waals surface area contributed by atoms with E-state index >= 15 is 0 Å². The van der Waals surface area contributed by atoms with Gasteiger partial charge in [0.05, 0.1) is 0 Å². The Kier molecular flexibility index (Phi) is 6.98. The standard InChI is InChI=1S/C14H20BrNO2/c1-3-11-10-12(15)7-8-13(11)16-14(17)6-5-9-18-4-2/h7-8,10H,3-6,9H2,1-2H3,(H,16,17). The first-order valence-corrected chi connectivity index (χ1v) is 7.12. The highest BCUT2D eigenvalue weighted by molar-refractivity contribution is 9.10. The Balaban J connectivity index is 2.48. The minimum Gasteiger partial charge on any atom is -0.382 e. The van der Waals surface area contributed by atoms with Gasteiger partial charge in [-0.05, 0) is 43.5 Å². The van der Waals surface area contributed by atoms with Crippen molar-refractivity contribution in [3.63, 3.8) is 0 Å². The van der Waals surface area contributed by atoms with E-state index in [-0.39, 0.29) is 5.91 Å². The highest BCUT2D eigenvalue weighted by Crippen LogP contribution is 2.21. The maximum Gasteiger partial charge on any atom is 0.224 e. The van der Waals surface area contributed by atoms with Gasteiger partial charge < -0.3 is 10.1 Å². The molecule has 0 aliphatic rings. The fourth-order valence-corrected chi connectivity index (χ4v) is 2.08. The van der Waals surface area contributed by atoms with Crippen molar-refractivity contribution in [1.82, 2.24) is 0 Å². The van der Waals surface area contributed by atoms with Gasteiger partial charge in [-0.3, -0.25) is 4.79 Å². The smallest absolute Gasteiger partial charge is 0.224 e. The number of halogens is 1. The van der Waals surface area contributed by atoms with Crippen LogP contribution in [-0.2, 0) is 16.0 Å². The monoisotopic (exact) mass is 313 g/mol. The normalized spacial score (nSPS) is 10.4. The third-order valence-corrected chi connectivity index (χ3v) is 3.11. The summed E-state index contributed by atoms with van der Waals surface area (Å²) in [4.78, 5) is 11.8. The molecule has 0 saturated carbocycles. The Morgan fingerprint density at radius 3 is 2.83 bits per heavy atom. The van der Waals surface area contributed by atoms with Crippen LogP contribution in [0.3, 0.4) is 0 Å². The average Bonchev–Trinajstić information content (AvgIpc) is 2.37. The molecule has 1 aromatic rings. The summed E-state index contributed by atoms with van der Waals surface area (Å²) >= 11 is 3.43. The highest BCUT2D eigenvalue weighted by Gasteiger charge is 2.06. The molecule has 0 spiro atoms. The Morgan fingerprint density at radius 2 is 2.17 bits per heavy atom. The van der Waals surface area contributed by atoms with E-state index in [2.05, 4.69) is 28.2 Å². The molecule has 3 nitrogen and oxygen atoms in total. The van der Waals surface area contributed by atoms with Gasteiger partial charge in [0.1, 0.15) is 0 Å². The Labute approximate surface area is 117 Å². The molecule has 1 amide bonds. The predicted octanol–water partition coefficient (Wildman–Crippen LogP) is 3.77. The maximum atomic E-state index is 11.8. The maximum absolute atomic E-state index is 11.8. The Bertz CT molecular complexity index is 393. The topological polar surface area (TPSA) is 38.3 Å². The van der Waals surface area contributed by atoms with Crippen molar-refractivity contribution in [2.24, 2.45) is 0 Å². The molecule has 0 saturated heterocycles. The first-order chi connectivity index (χ1) is 8.67. The van der Waals surface area contributed by atoms with Crippen LogP contribution in [-0.4, -0.2) is 19.1 Å². The average molecular weight is 314 g/mol. The zero-order chi connectivity index (χ0) is 13.4. The SMILES string of the molecule is CCOCCCC(=O)Nc1ccc(Br)cc1CC. The molecule has 0 fully saturated rings. The molecule has 1 rings (SSSR count). The molecule has 0 bridgehead atoms. The van der Waals surface area contributed by atoms with Gasteiger partial charge in [-0.1, -0.05) is 22.9 Å². The molecular formula is C14H20BrNO2. The molecule has 100 valence electrons. The number of hydrogen-bond acceptors (Lipinski definition) is 2. The molecular weight excluding hydrogens is 294 g/mol. The molecule has 1 N–H and O–H groups in total. The number of benzene rings is 1. The summed E-state index contributed by atoms with van der Waals surface area (Å²) in [7, 11) is 0. The summed E-state index contributed by atoms with van der Waals surface area (Å²) in [5, 5.41) is 2.95.